The van der Waals surface area contributed by atoms with Gasteiger partial charge in [-0.1, -0.05) is 31.4 Å². The van der Waals surface area contributed by atoms with Gasteiger partial charge in [0, 0.05) is 5.69 Å². The molecule has 0 saturated carbocycles. The third-order valence-corrected chi connectivity index (χ3v) is 2.97. The van der Waals surface area contributed by atoms with Crippen LogP contribution < -0.4 is 15.4 Å². The number of rotatable bonds is 8. The van der Waals surface area contributed by atoms with Gasteiger partial charge in [-0.25, -0.2) is 0 Å². The van der Waals surface area contributed by atoms with Crippen LogP contribution in [-0.4, -0.2) is 26.1 Å². The quantitative estimate of drug-likeness (QED) is 0.721. The zero-order valence-corrected chi connectivity index (χ0v) is 12.2. The van der Waals surface area contributed by atoms with Crippen molar-refractivity contribution < 1.29 is 9.53 Å². The lowest BCUT2D eigenvalue weighted by Crippen LogP contribution is -2.28. The topological polar surface area (TPSA) is 50.4 Å². The van der Waals surface area contributed by atoms with Crippen LogP contribution in [0.5, 0.6) is 5.75 Å². The highest BCUT2D eigenvalue weighted by Crippen LogP contribution is 2.26. The number of benzene rings is 1. The number of amides is 1. The minimum Gasteiger partial charge on any atom is -0.495 e. The summed E-state index contributed by atoms with van der Waals surface area (Å²) in [7, 11) is 1.56. The van der Waals surface area contributed by atoms with Gasteiger partial charge in [-0.05, 0) is 31.2 Å². The van der Waals surface area contributed by atoms with Crippen LogP contribution in [-0.2, 0) is 4.79 Å². The molecule has 2 N–H and O–H groups in total. The highest BCUT2D eigenvalue weighted by molar-refractivity contribution is 6.32. The summed E-state index contributed by atoms with van der Waals surface area (Å²) >= 11 is 5.98. The summed E-state index contributed by atoms with van der Waals surface area (Å²) in [6.45, 7) is 3.33. The average molecular weight is 285 g/mol. The van der Waals surface area contributed by atoms with E-state index < -0.39 is 0 Å². The Balaban J connectivity index is 2.34. The van der Waals surface area contributed by atoms with Crippen molar-refractivity contribution in [3.63, 3.8) is 0 Å². The largest absolute Gasteiger partial charge is 0.495 e. The first kappa shape index (κ1) is 15.8. The maximum atomic E-state index is 11.7. The zero-order valence-electron chi connectivity index (χ0n) is 11.5. The number of unbranched alkanes of at least 4 members (excludes halogenated alkanes) is 2. The molecule has 0 atom stereocenters. The maximum absolute atomic E-state index is 11.7. The lowest BCUT2D eigenvalue weighted by atomic mass is 10.2. The molecule has 0 fully saturated rings. The summed E-state index contributed by atoms with van der Waals surface area (Å²) in [6, 6.07) is 5.17. The fourth-order valence-corrected chi connectivity index (χ4v) is 1.91. The summed E-state index contributed by atoms with van der Waals surface area (Å²) in [5.74, 6) is 0.523. The Morgan fingerprint density at radius 3 is 2.79 bits per heavy atom. The molecule has 1 aromatic rings. The number of hydrogen-bond acceptors (Lipinski definition) is 3. The maximum Gasteiger partial charge on any atom is 0.238 e. The molecule has 1 aromatic carbocycles. The van der Waals surface area contributed by atoms with E-state index in [4.69, 9.17) is 16.3 Å². The van der Waals surface area contributed by atoms with Gasteiger partial charge >= 0.3 is 0 Å². The lowest BCUT2D eigenvalue weighted by molar-refractivity contribution is -0.115. The van der Waals surface area contributed by atoms with Crippen molar-refractivity contribution in [2.75, 3.05) is 25.5 Å². The number of halogens is 1. The molecule has 1 amide bonds. The Morgan fingerprint density at radius 1 is 1.37 bits per heavy atom. The molecule has 0 unspecified atom stereocenters. The molecular formula is C14H21ClN2O2. The summed E-state index contributed by atoms with van der Waals surface area (Å²) in [6.07, 6.45) is 3.46. The number of nitrogens with one attached hydrogen (secondary N) is 2. The predicted octanol–water partition coefficient (Wildman–Crippen LogP) is 3.07. The molecule has 0 saturated heterocycles. The molecule has 0 aliphatic rings. The lowest BCUT2D eigenvalue weighted by Gasteiger charge is -2.08. The first-order valence-electron chi connectivity index (χ1n) is 6.51. The van der Waals surface area contributed by atoms with Crippen molar-refractivity contribution in [1.29, 1.82) is 0 Å². The normalized spacial score (nSPS) is 10.3. The second-order valence-electron chi connectivity index (χ2n) is 4.28. The third kappa shape index (κ3) is 5.94. The van der Waals surface area contributed by atoms with Crippen LogP contribution in [0.2, 0.25) is 5.02 Å². The van der Waals surface area contributed by atoms with Crippen molar-refractivity contribution >= 4 is 23.2 Å². The molecule has 1 rings (SSSR count). The Bertz CT molecular complexity index is 410. The highest BCUT2D eigenvalue weighted by atomic mass is 35.5. The monoisotopic (exact) mass is 284 g/mol. The van der Waals surface area contributed by atoms with Crippen LogP contribution in [0.1, 0.15) is 26.2 Å². The van der Waals surface area contributed by atoms with Crippen molar-refractivity contribution in [2.24, 2.45) is 0 Å². The SMILES string of the molecule is CCCCCNCC(=O)Nc1ccc(OC)c(Cl)c1. The van der Waals surface area contributed by atoms with Gasteiger partial charge in [0.25, 0.3) is 0 Å². The van der Waals surface area contributed by atoms with Crippen LogP contribution in [0.4, 0.5) is 5.69 Å². The zero-order chi connectivity index (χ0) is 14.1. The summed E-state index contributed by atoms with van der Waals surface area (Å²) in [5.41, 5.74) is 0.672. The minimum absolute atomic E-state index is 0.0715. The van der Waals surface area contributed by atoms with E-state index in [2.05, 4.69) is 17.6 Å². The molecule has 0 heterocycles. The Morgan fingerprint density at radius 2 is 2.16 bits per heavy atom. The summed E-state index contributed by atoms with van der Waals surface area (Å²) in [5, 5.41) is 6.37. The summed E-state index contributed by atoms with van der Waals surface area (Å²) in [4.78, 5) is 11.7. The molecular weight excluding hydrogens is 264 g/mol. The molecule has 106 valence electrons. The fourth-order valence-electron chi connectivity index (χ4n) is 1.65. The molecule has 5 heteroatoms. The van der Waals surface area contributed by atoms with Gasteiger partial charge in [0.2, 0.25) is 5.91 Å². The molecule has 19 heavy (non-hydrogen) atoms. The van der Waals surface area contributed by atoms with Gasteiger partial charge < -0.3 is 15.4 Å². The predicted molar refractivity (Wildman–Crippen MR) is 79.0 cm³/mol. The average Bonchev–Trinajstić information content (AvgIpc) is 2.39. The standard InChI is InChI=1S/C14H21ClN2O2/c1-3-4-5-8-16-10-14(18)17-11-6-7-13(19-2)12(15)9-11/h6-7,9,16H,3-5,8,10H2,1-2H3,(H,17,18). The van der Waals surface area contributed by atoms with E-state index in [1.54, 1.807) is 25.3 Å². The molecule has 0 aliphatic carbocycles. The van der Waals surface area contributed by atoms with E-state index >= 15 is 0 Å². The van der Waals surface area contributed by atoms with Crippen LogP contribution >= 0.6 is 11.6 Å². The molecule has 0 bridgehead atoms. The molecule has 0 spiro atoms. The van der Waals surface area contributed by atoms with E-state index in [0.717, 1.165) is 13.0 Å². The van der Waals surface area contributed by atoms with E-state index in [-0.39, 0.29) is 5.91 Å². The number of methoxy groups -OCH3 is 1. The molecule has 4 nitrogen and oxygen atoms in total. The Labute approximate surface area is 119 Å². The Hall–Kier alpha value is -1.26. The van der Waals surface area contributed by atoms with Crippen molar-refractivity contribution in [2.45, 2.75) is 26.2 Å². The number of carbonyl (C=O) groups is 1. The molecule has 0 aromatic heterocycles. The second kappa shape index (κ2) is 8.77. The molecule has 0 aliphatic heterocycles. The van der Waals surface area contributed by atoms with Crippen molar-refractivity contribution in [3.05, 3.63) is 23.2 Å². The van der Waals surface area contributed by atoms with Gasteiger partial charge in [-0.15, -0.1) is 0 Å². The van der Waals surface area contributed by atoms with Gasteiger partial charge in [0.15, 0.2) is 0 Å². The van der Waals surface area contributed by atoms with Crippen LogP contribution in [0.25, 0.3) is 0 Å². The van der Waals surface area contributed by atoms with Crippen LogP contribution in [0.3, 0.4) is 0 Å². The first-order valence-corrected chi connectivity index (χ1v) is 6.89. The fraction of sp³-hybridized carbons (Fsp3) is 0.500. The van der Waals surface area contributed by atoms with Crippen LogP contribution in [0.15, 0.2) is 18.2 Å². The van der Waals surface area contributed by atoms with E-state index in [1.807, 2.05) is 0 Å². The van der Waals surface area contributed by atoms with E-state index in [0.29, 0.717) is 23.0 Å². The number of ether oxygens (including phenoxy) is 1. The Kier molecular flexibility index (Phi) is 7.30. The number of hydrogen-bond donors (Lipinski definition) is 2. The van der Waals surface area contributed by atoms with E-state index in [9.17, 15) is 4.79 Å². The van der Waals surface area contributed by atoms with Crippen molar-refractivity contribution in [1.82, 2.24) is 5.32 Å². The van der Waals surface area contributed by atoms with Gasteiger partial charge in [0.1, 0.15) is 5.75 Å². The summed E-state index contributed by atoms with van der Waals surface area (Å²) < 4.78 is 5.05. The highest BCUT2D eigenvalue weighted by Gasteiger charge is 2.05. The smallest absolute Gasteiger partial charge is 0.238 e. The third-order valence-electron chi connectivity index (χ3n) is 2.68. The first-order chi connectivity index (χ1) is 9.17. The van der Waals surface area contributed by atoms with Gasteiger partial charge in [0.05, 0.1) is 18.7 Å². The van der Waals surface area contributed by atoms with Gasteiger partial charge in [-0.3, -0.25) is 4.79 Å². The number of anilines is 1. The van der Waals surface area contributed by atoms with E-state index in [1.165, 1.54) is 12.8 Å². The second-order valence-corrected chi connectivity index (χ2v) is 4.69. The van der Waals surface area contributed by atoms with Crippen LogP contribution in [0, 0.1) is 0 Å². The minimum atomic E-state index is -0.0715. The van der Waals surface area contributed by atoms with Crippen molar-refractivity contribution in [3.8, 4) is 5.75 Å². The van der Waals surface area contributed by atoms with Gasteiger partial charge in [-0.2, -0.15) is 0 Å². The molecule has 0 radical (unpaired) electrons. The number of carbonyl (C=O) groups excluding carboxylic acids is 1.